The van der Waals surface area contributed by atoms with Gasteiger partial charge in [0.1, 0.15) is 0 Å². The lowest BCUT2D eigenvalue weighted by Crippen LogP contribution is -2.06. The molecule has 0 radical (unpaired) electrons. The summed E-state index contributed by atoms with van der Waals surface area (Å²) in [4.78, 5) is 18.0. The Kier molecular flexibility index (Phi) is 3.51. The lowest BCUT2D eigenvalue weighted by Gasteiger charge is -2.13. The average Bonchev–Trinajstić information content (AvgIpc) is 3.04. The molecule has 1 atom stereocenters. The van der Waals surface area contributed by atoms with Crippen molar-refractivity contribution in [1.29, 1.82) is 0 Å². The molecule has 2 heterocycles. The first-order chi connectivity index (χ1) is 10.0. The number of imidazole rings is 1. The molecule has 2 aromatic heterocycles. The van der Waals surface area contributed by atoms with Crippen molar-refractivity contribution < 1.29 is 9.90 Å². The minimum absolute atomic E-state index is 0.272. The van der Waals surface area contributed by atoms with Crippen LogP contribution in [0.15, 0.2) is 36.7 Å². The maximum atomic E-state index is 11.0. The minimum Gasteiger partial charge on any atom is -0.478 e. The normalized spacial score (nSPS) is 12.7. The molecule has 3 aromatic rings. The molecule has 0 bridgehead atoms. The lowest BCUT2D eigenvalue weighted by molar-refractivity contribution is 0.0697. The molecule has 5 heteroatoms. The number of carboxylic acid groups (broad SMARTS) is 1. The Labute approximate surface area is 126 Å². The van der Waals surface area contributed by atoms with Crippen molar-refractivity contribution in [1.82, 2.24) is 9.55 Å². The predicted molar refractivity (Wildman–Crippen MR) is 84.2 cm³/mol. The van der Waals surface area contributed by atoms with Crippen LogP contribution in [0, 0.1) is 6.92 Å². The Morgan fingerprint density at radius 1 is 1.38 bits per heavy atom. The summed E-state index contributed by atoms with van der Waals surface area (Å²) in [5.74, 6) is -0.923. The van der Waals surface area contributed by atoms with Gasteiger partial charge < -0.3 is 9.67 Å². The van der Waals surface area contributed by atoms with E-state index in [-0.39, 0.29) is 11.6 Å². The molecule has 0 aliphatic heterocycles. The van der Waals surface area contributed by atoms with Crippen LogP contribution in [0.25, 0.3) is 11.0 Å². The summed E-state index contributed by atoms with van der Waals surface area (Å²) < 4.78 is 2.11. The van der Waals surface area contributed by atoms with Crippen molar-refractivity contribution >= 4 is 28.3 Å². The zero-order valence-corrected chi connectivity index (χ0v) is 12.7. The molecule has 0 aliphatic rings. The van der Waals surface area contributed by atoms with Crippen LogP contribution in [-0.4, -0.2) is 20.6 Å². The van der Waals surface area contributed by atoms with Crippen LogP contribution in [0.1, 0.15) is 33.1 Å². The zero-order chi connectivity index (χ0) is 15.0. The molecule has 1 N–H and O–H groups in total. The second kappa shape index (κ2) is 5.33. The highest BCUT2D eigenvalue weighted by molar-refractivity contribution is 7.11. The van der Waals surface area contributed by atoms with Crippen molar-refractivity contribution in [3.8, 4) is 0 Å². The molecule has 0 spiro atoms. The van der Waals surface area contributed by atoms with E-state index in [0.717, 1.165) is 17.5 Å². The van der Waals surface area contributed by atoms with Crippen LogP contribution in [0.5, 0.6) is 0 Å². The number of nitrogens with zero attached hydrogens (tertiary/aromatic N) is 2. The monoisotopic (exact) mass is 300 g/mol. The molecule has 108 valence electrons. The summed E-state index contributed by atoms with van der Waals surface area (Å²) in [6.07, 6.45) is 2.74. The third kappa shape index (κ3) is 2.69. The van der Waals surface area contributed by atoms with Gasteiger partial charge in [-0.2, -0.15) is 0 Å². The maximum Gasteiger partial charge on any atom is 0.335 e. The van der Waals surface area contributed by atoms with Gasteiger partial charge in [0.25, 0.3) is 0 Å². The third-order valence-electron chi connectivity index (χ3n) is 3.59. The van der Waals surface area contributed by atoms with Crippen LogP contribution < -0.4 is 0 Å². The van der Waals surface area contributed by atoms with Gasteiger partial charge in [0.15, 0.2) is 0 Å². The van der Waals surface area contributed by atoms with E-state index in [9.17, 15) is 4.79 Å². The van der Waals surface area contributed by atoms with Gasteiger partial charge in [-0.1, -0.05) is 0 Å². The van der Waals surface area contributed by atoms with Gasteiger partial charge in [-0.3, -0.25) is 0 Å². The number of hydrogen-bond donors (Lipinski definition) is 1. The molecule has 0 fully saturated rings. The molecular weight excluding hydrogens is 284 g/mol. The molecular formula is C16H16N2O2S. The van der Waals surface area contributed by atoms with Crippen LogP contribution in [-0.2, 0) is 6.42 Å². The molecule has 1 aromatic carbocycles. The van der Waals surface area contributed by atoms with Gasteiger partial charge in [0.05, 0.1) is 22.9 Å². The van der Waals surface area contributed by atoms with Gasteiger partial charge in [-0.05, 0) is 44.2 Å². The van der Waals surface area contributed by atoms with Gasteiger partial charge in [-0.25, -0.2) is 9.78 Å². The summed E-state index contributed by atoms with van der Waals surface area (Å²) in [7, 11) is 0. The fraction of sp³-hybridized carbons (Fsp3) is 0.250. The number of fused-ring (bicyclic) bond motifs is 1. The van der Waals surface area contributed by atoms with Crippen molar-refractivity contribution in [2.24, 2.45) is 0 Å². The number of aromatic carboxylic acids is 1. The molecule has 3 rings (SSSR count). The molecule has 0 aliphatic carbocycles. The summed E-state index contributed by atoms with van der Waals surface area (Å²) in [5, 5.41) is 9.02. The average molecular weight is 300 g/mol. The van der Waals surface area contributed by atoms with E-state index >= 15 is 0 Å². The van der Waals surface area contributed by atoms with Crippen LogP contribution >= 0.6 is 11.3 Å². The van der Waals surface area contributed by atoms with E-state index < -0.39 is 5.97 Å². The van der Waals surface area contributed by atoms with Gasteiger partial charge in [0, 0.05) is 22.2 Å². The molecule has 4 nitrogen and oxygen atoms in total. The third-order valence-corrected chi connectivity index (χ3v) is 4.61. The van der Waals surface area contributed by atoms with E-state index in [0.29, 0.717) is 0 Å². The van der Waals surface area contributed by atoms with Crippen molar-refractivity contribution in [2.45, 2.75) is 26.3 Å². The highest BCUT2D eigenvalue weighted by Crippen LogP contribution is 2.24. The Balaban J connectivity index is 1.91. The second-order valence-corrected chi connectivity index (χ2v) is 6.60. The van der Waals surface area contributed by atoms with Gasteiger partial charge >= 0.3 is 5.97 Å². The van der Waals surface area contributed by atoms with Crippen molar-refractivity contribution in [3.63, 3.8) is 0 Å². The van der Waals surface area contributed by atoms with E-state index in [2.05, 4.69) is 35.5 Å². The van der Waals surface area contributed by atoms with E-state index in [1.54, 1.807) is 18.5 Å². The van der Waals surface area contributed by atoms with E-state index in [1.165, 1.54) is 9.75 Å². The molecule has 0 amide bonds. The SMILES string of the molecule is Cc1ccc(CC(C)n2cnc3cc(C(=O)O)ccc32)s1. The maximum absolute atomic E-state index is 11.0. The van der Waals surface area contributed by atoms with Crippen molar-refractivity contribution in [2.75, 3.05) is 0 Å². The summed E-state index contributed by atoms with van der Waals surface area (Å²) in [5.41, 5.74) is 1.97. The topological polar surface area (TPSA) is 55.1 Å². The first-order valence-electron chi connectivity index (χ1n) is 6.80. The quantitative estimate of drug-likeness (QED) is 0.795. The van der Waals surface area contributed by atoms with E-state index in [4.69, 9.17) is 5.11 Å². The predicted octanol–water partition coefficient (Wildman–Crippen LogP) is 3.91. The molecule has 1 unspecified atom stereocenters. The Bertz CT molecular complexity index is 804. The van der Waals surface area contributed by atoms with Crippen molar-refractivity contribution in [3.05, 3.63) is 52.0 Å². The number of rotatable bonds is 4. The zero-order valence-electron chi connectivity index (χ0n) is 11.9. The summed E-state index contributed by atoms with van der Waals surface area (Å²) in [6, 6.07) is 9.67. The van der Waals surface area contributed by atoms with Gasteiger partial charge in [0.2, 0.25) is 0 Å². The number of carboxylic acids is 1. The minimum atomic E-state index is -0.923. The number of aryl methyl sites for hydroxylation is 1. The first kappa shape index (κ1) is 13.8. The Hall–Kier alpha value is -2.14. The number of aromatic nitrogens is 2. The standard InChI is InChI=1S/C16H16N2O2S/c1-10(7-13-5-3-11(2)21-13)18-9-17-14-8-12(16(19)20)4-6-15(14)18/h3-6,8-10H,7H2,1-2H3,(H,19,20). The Morgan fingerprint density at radius 3 is 2.86 bits per heavy atom. The number of hydrogen-bond acceptors (Lipinski definition) is 3. The fourth-order valence-electron chi connectivity index (χ4n) is 2.50. The largest absolute Gasteiger partial charge is 0.478 e. The number of thiophene rings is 1. The van der Waals surface area contributed by atoms with Crippen LogP contribution in [0.3, 0.4) is 0 Å². The Morgan fingerprint density at radius 2 is 2.19 bits per heavy atom. The van der Waals surface area contributed by atoms with Crippen LogP contribution in [0.2, 0.25) is 0 Å². The second-order valence-electron chi connectivity index (χ2n) is 5.23. The molecule has 0 saturated carbocycles. The smallest absolute Gasteiger partial charge is 0.335 e. The lowest BCUT2D eigenvalue weighted by atomic mass is 10.1. The highest BCUT2D eigenvalue weighted by Gasteiger charge is 2.13. The summed E-state index contributed by atoms with van der Waals surface area (Å²) >= 11 is 1.81. The van der Waals surface area contributed by atoms with Crippen LogP contribution in [0.4, 0.5) is 0 Å². The fourth-order valence-corrected chi connectivity index (χ4v) is 3.51. The first-order valence-corrected chi connectivity index (χ1v) is 7.61. The summed E-state index contributed by atoms with van der Waals surface area (Å²) in [6.45, 7) is 4.26. The number of carbonyl (C=O) groups is 1. The molecule has 21 heavy (non-hydrogen) atoms. The highest BCUT2D eigenvalue weighted by atomic mass is 32.1. The molecule has 0 saturated heterocycles. The van der Waals surface area contributed by atoms with Gasteiger partial charge in [-0.15, -0.1) is 11.3 Å². The van der Waals surface area contributed by atoms with E-state index in [1.807, 2.05) is 17.4 Å². The number of benzene rings is 1.